The van der Waals surface area contributed by atoms with Crippen molar-refractivity contribution >= 4 is 44.2 Å². The summed E-state index contributed by atoms with van der Waals surface area (Å²) >= 11 is 4.61. The number of rotatable bonds is 7. The van der Waals surface area contributed by atoms with Crippen LogP contribution in [0.3, 0.4) is 0 Å². The highest BCUT2D eigenvalue weighted by Gasteiger charge is 2.11. The minimum absolute atomic E-state index is 0.188. The summed E-state index contributed by atoms with van der Waals surface area (Å²) < 4.78 is 5.94. The molecule has 0 radical (unpaired) electrons. The number of carbonyl (C=O) groups excluding carboxylic acids is 2. The van der Waals surface area contributed by atoms with Crippen molar-refractivity contribution < 1.29 is 14.3 Å². The average Bonchev–Trinajstić information content (AvgIpc) is 3.15. The van der Waals surface area contributed by atoms with Crippen molar-refractivity contribution in [1.82, 2.24) is 15.5 Å². The molecule has 3 rings (SSSR count). The van der Waals surface area contributed by atoms with Gasteiger partial charge in [0.25, 0.3) is 11.8 Å². The van der Waals surface area contributed by atoms with Crippen LogP contribution < -0.4 is 15.4 Å². The Labute approximate surface area is 174 Å². The Morgan fingerprint density at radius 1 is 1.07 bits per heavy atom. The molecule has 0 atom stereocenters. The molecule has 2 amide bonds. The van der Waals surface area contributed by atoms with Gasteiger partial charge in [-0.1, -0.05) is 39.4 Å². The topological polar surface area (TPSA) is 93.2 Å². The smallest absolute Gasteiger partial charge is 0.257 e. The van der Waals surface area contributed by atoms with E-state index in [0.717, 1.165) is 9.48 Å². The lowest BCUT2D eigenvalue weighted by molar-refractivity contribution is 0.0953. The Morgan fingerprint density at radius 3 is 2.57 bits per heavy atom. The molecule has 0 aliphatic carbocycles. The molecule has 7 nitrogen and oxygen atoms in total. The van der Waals surface area contributed by atoms with Crippen molar-refractivity contribution in [3.8, 4) is 5.75 Å². The quantitative estimate of drug-likeness (QED) is 0.562. The third kappa shape index (κ3) is 5.37. The molecule has 0 saturated carbocycles. The summed E-state index contributed by atoms with van der Waals surface area (Å²) in [7, 11) is 1.56. The minimum Gasteiger partial charge on any atom is -0.497 e. The Bertz CT molecular complexity index is 993. The van der Waals surface area contributed by atoms with Gasteiger partial charge >= 0.3 is 0 Å². The van der Waals surface area contributed by atoms with E-state index < -0.39 is 0 Å². The van der Waals surface area contributed by atoms with Gasteiger partial charge in [0.05, 0.1) is 7.11 Å². The van der Waals surface area contributed by atoms with Gasteiger partial charge in [-0.05, 0) is 36.4 Å². The Balaban J connectivity index is 1.50. The summed E-state index contributed by atoms with van der Waals surface area (Å²) in [6.45, 7) is 0.407. The van der Waals surface area contributed by atoms with Gasteiger partial charge in [-0.2, -0.15) is 0 Å². The number of carbonyl (C=O) groups is 2. The second kappa shape index (κ2) is 9.43. The highest BCUT2D eigenvalue weighted by Crippen LogP contribution is 2.18. The van der Waals surface area contributed by atoms with E-state index in [1.165, 1.54) is 11.3 Å². The summed E-state index contributed by atoms with van der Waals surface area (Å²) in [5, 5.41) is 14.7. The molecular weight excluding hydrogens is 444 g/mol. The number of benzene rings is 2. The average molecular weight is 461 g/mol. The zero-order valence-corrected chi connectivity index (χ0v) is 17.3. The molecule has 0 spiro atoms. The van der Waals surface area contributed by atoms with Crippen molar-refractivity contribution in [2.75, 3.05) is 19.0 Å². The van der Waals surface area contributed by atoms with Gasteiger partial charge < -0.3 is 10.1 Å². The number of methoxy groups -OCH3 is 1. The van der Waals surface area contributed by atoms with Gasteiger partial charge in [0.15, 0.2) is 0 Å². The lowest BCUT2D eigenvalue weighted by atomic mass is 10.2. The van der Waals surface area contributed by atoms with Gasteiger partial charge in [0.1, 0.15) is 10.8 Å². The van der Waals surface area contributed by atoms with E-state index in [9.17, 15) is 9.59 Å². The molecule has 1 heterocycles. The molecule has 0 aliphatic rings. The van der Waals surface area contributed by atoms with Crippen LogP contribution in [0.2, 0.25) is 0 Å². The van der Waals surface area contributed by atoms with Crippen molar-refractivity contribution in [2.24, 2.45) is 0 Å². The maximum Gasteiger partial charge on any atom is 0.257 e. The molecule has 144 valence electrons. The number of amides is 2. The number of ether oxygens (including phenoxy) is 1. The SMILES string of the molecule is COc1cccc(C(=O)NCCc2nnc(NC(=O)c3cccc(Br)c3)s2)c1. The fourth-order valence-corrected chi connectivity index (χ4v) is 3.49. The van der Waals surface area contributed by atoms with Gasteiger partial charge in [-0.15, -0.1) is 10.2 Å². The van der Waals surface area contributed by atoms with Crippen LogP contribution in [0.5, 0.6) is 5.75 Å². The van der Waals surface area contributed by atoms with Crippen molar-refractivity contribution in [2.45, 2.75) is 6.42 Å². The molecular formula is C19H17BrN4O3S. The van der Waals surface area contributed by atoms with E-state index in [0.29, 0.717) is 35.0 Å². The molecule has 0 saturated heterocycles. The standard InChI is InChI=1S/C19H17BrN4O3S/c1-27-15-7-3-5-13(11-15)17(25)21-9-8-16-23-24-19(28-16)22-18(26)12-4-2-6-14(20)10-12/h2-7,10-11H,8-9H2,1H3,(H,21,25)(H,22,24,26). The van der Waals surface area contributed by atoms with E-state index in [-0.39, 0.29) is 11.8 Å². The lowest BCUT2D eigenvalue weighted by Gasteiger charge is -2.05. The van der Waals surface area contributed by atoms with Crippen LogP contribution in [-0.2, 0) is 6.42 Å². The summed E-state index contributed by atoms with van der Waals surface area (Å²) in [6.07, 6.45) is 0.514. The first-order valence-electron chi connectivity index (χ1n) is 8.36. The molecule has 0 fully saturated rings. The third-order valence-electron chi connectivity index (χ3n) is 3.73. The van der Waals surface area contributed by atoms with Gasteiger partial charge in [-0.25, -0.2) is 0 Å². The first-order chi connectivity index (χ1) is 13.5. The van der Waals surface area contributed by atoms with Crippen LogP contribution in [0.1, 0.15) is 25.7 Å². The zero-order valence-electron chi connectivity index (χ0n) is 14.9. The van der Waals surface area contributed by atoms with Crippen LogP contribution in [0, 0.1) is 0 Å². The predicted molar refractivity (Wildman–Crippen MR) is 111 cm³/mol. The second-order valence-electron chi connectivity index (χ2n) is 5.70. The highest BCUT2D eigenvalue weighted by atomic mass is 79.9. The molecule has 2 N–H and O–H groups in total. The zero-order chi connectivity index (χ0) is 19.9. The molecule has 0 bridgehead atoms. The number of aromatic nitrogens is 2. The highest BCUT2D eigenvalue weighted by molar-refractivity contribution is 9.10. The minimum atomic E-state index is -0.254. The first kappa shape index (κ1) is 20.0. The van der Waals surface area contributed by atoms with E-state index in [1.54, 1.807) is 49.6 Å². The van der Waals surface area contributed by atoms with E-state index in [2.05, 4.69) is 36.8 Å². The van der Waals surface area contributed by atoms with Gasteiger partial charge in [-0.3, -0.25) is 14.9 Å². The monoisotopic (exact) mass is 460 g/mol. The molecule has 2 aromatic carbocycles. The van der Waals surface area contributed by atoms with E-state index in [1.807, 2.05) is 6.07 Å². The van der Waals surface area contributed by atoms with E-state index in [4.69, 9.17) is 4.74 Å². The maximum atomic E-state index is 12.2. The van der Waals surface area contributed by atoms with Gasteiger partial charge in [0, 0.05) is 28.6 Å². The van der Waals surface area contributed by atoms with Crippen molar-refractivity contribution in [3.05, 3.63) is 69.1 Å². The summed E-state index contributed by atoms with van der Waals surface area (Å²) in [6, 6.07) is 14.0. The Morgan fingerprint density at radius 2 is 1.82 bits per heavy atom. The van der Waals surface area contributed by atoms with Crippen LogP contribution in [-0.4, -0.2) is 35.7 Å². The van der Waals surface area contributed by atoms with Crippen LogP contribution >= 0.6 is 27.3 Å². The molecule has 1 aromatic heterocycles. The fourth-order valence-electron chi connectivity index (χ4n) is 2.35. The molecule has 0 unspecified atom stereocenters. The maximum absolute atomic E-state index is 12.2. The number of hydrogen-bond acceptors (Lipinski definition) is 6. The molecule has 9 heteroatoms. The summed E-state index contributed by atoms with van der Waals surface area (Å²) in [4.78, 5) is 24.4. The van der Waals surface area contributed by atoms with Crippen molar-refractivity contribution in [1.29, 1.82) is 0 Å². The molecule has 28 heavy (non-hydrogen) atoms. The number of hydrogen-bond donors (Lipinski definition) is 2. The van der Waals surface area contributed by atoms with Gasteiger partial charge in [0.2, 0.25) is 5.13 Å². The predicted octanol–water partition coefficient (Wildman–Crippen LogP) is 3.53. The van der Waals surface area contributed by atoms with E-state index >= 15 is 0 Å². The molecule has 0 aliphatic heterocycles. The number of nitrogens with zero attached hydrogens (tertiary/aromatic N) is 2. The largest absolute Gasteiger partial charge is 0.497 e. The first-order valence-corrected chi connectivity index (χ1v) is 9.97. The fraction of sp³-hybridized carbons (Fsp3) is 0.158. The Hall–Kier alpha value is -2.78. The van der Waals surface area contributed by atoms with Crippen molar-refractivity contribution in [3.63, 3.8) is 0 Å². The number of halogens is 1. The van der Waals surface area contributed by atoms with Crippen LogP contribution in [0.15, 0.2) is 53.0 Å². The second-order valence-corrected chi connectivity index (χ2v) is 7.68. The van der Waals surface area contributed by atoms with Crippen LogP contribution in [0.25, 0.3) is 0 Å². The Kier molecular flexibility index (Phi) is 6.72. The number of anilines is 1. The van der Waals surface area contributed by atoms with Crippen LogP contribution in [0.4, 0.5) is 5.13 Å². The summed E-state index contributed by atoms with van der Waals surface area (Å²) in [5.41, 5.74) is 1.05. The summed E-state index contributed by atoms with van der Waals surface area (Å²) in [5.74, 6) is 0.185. The lowest BCUT2D eigenvalue weighted by Crippen LogP contribution is -2.25. The number of nitrogens with one attached hydrogen (secondary N) is 2. The third-order valence-corrected chi connectivity index (χ3v) is 5.12. The molecule has 3 aromatic rings. The normalized spacial score (nSPS) is 10.4.